The Balaban J connectivity index is 1.52. The summed E-state index contributed by atoms with van der Waals surface area (Å²) in [6.45, 7) is 3.69. The van der Waals surface area contributed by atoms with Crippen LogP contribution >= 0.6 is 0 Å². The number of likely N-dealkylation sites (N-methyl/N-ethyl adjacent to an activating group) is 1. The average Bonchev–Trinajstić information content (AvgIpc) is 3.18. The maximum Gasteiger partial charge on any atom is 0.243 e. The zero-order chi connectivity index (χ0) is 18.5. The van der Waals surface area contributed by atoms with Crippen LogP contribution in [-0.4, -0.2) is 57.0 Å². The van der Waals surface area contributed by atoms with Crippen molar-refractivity contribution < 1.29 is 17.7 Å². The van der Waals surface area contributed by atoms with E-state index in [1.165, 1.54) is 4.31 Å². The second-order valence-electron chi connectivity index (χ2n) is 6.61. The van der Waals surface area contributed by atoms with Crippen molar-refractivity contribution in [2.75, 3.05) is 43.0 Å². The van der Waals surface area contributed by atoms with Crippen molar-refractivity contribution in [3.8, 4) is 0 Å². The second kappa shape index (κ2) is 6.10. The summed E-state index contributed by atoms with van der Waals surface area (Å²) in [4.78, 5) is 15.6. The van der Waals surface area contributed by atoms with Crippen molar-refractivity contribution in [2.45, 2.75) is 18.2 Å². The standard InChI is InChI=1S/C17H20N4O4S/c1-12-9-16(18-25-12)20-5-7-21(8-6-20)26(23,24)14-3-4-15-13(10-14)11-17(22)19(15)2/h3-4,9-10H,5-8,11H2,1-2H3. The zero-order valence-corrected chi connectivity index (χ0v) is 15.5. The maximum atomic E-state index is 13.0. The number of carbonyl (C=O) groups excluding carboxylic acids is 1. The van der Waals surface area contributed by atoms with Crippen LogP contribution in [0.5, 0.6) is 0 Å². The molecule has 0 unspecified atom stereocenters. The van der Waals surface area contributed by atoms with Gasteiger partial charge in [0, 0.05) is 45.0 Å². The monoisotopic (exact) mass is 376 g/mol. The van der Waals surface area contributed by atoms with Crippen LogP contribution in [0.2, 0.25) is 0 Å². The number of aryl methyl sites for hydroxylation is 1. The topological polar surface area (TPSA) is 87.0 Å². The van der Waals surface area contributed by atoms with Crippen molar-refractivity contribution in [3.05, 3.63) is 35.6 Å². The minimum atomic E-state index is -3.59. The van der Waals surface area contributed by atoms with E-state index >= 15 is 0 Å². The van der Waals surface area contributed by atoms with Gasteiger partial charge in [0.25, 0.3) is 0 Å². The first-order valence-electron chi connectivity index (χ1n) is 8.44. The van der Waals surface area contributed by atoms with Gasteiger partial charge in [-0.3, -0.25) is 4.79 Å². The van der Waals surface area contributed by atoms with Gasteiger partial charge in [-0.1, -0.05) is 5.16 Å². The molecule has 2 aliphatic heterocycles. The van der Waals surface area contributed by atoms with Crippen LogP contribution < -0.4 is 9.80 Å². The molecule has 4 rings (SSSR count). The number of hydrogen-bond acceptors (Lipinski definition) is 6. The predicted molar refractivity (Wildman–Crippen MR) is 95.8 cm³/mol. The molecular weight excluding hydrogens is 356 g/mol. The lowest BCUT2D eigenvalue weighted by molar-refractivity contribution is -0.117. The van der Waals surface area contributed by atoms with E-state index in [4.69, 9.17) is 4.52 Å². The molecule has 138 valence electrons. The molecule has 0 spiro atoms. The lowest BCUT2D eigenvalue weighted by Crippen LogP contribution is -2.48. The number of amides is 1. The number of fused-ring (bicyclic) bond motifs is 1. The van der Waals surface area contributed by atoms with E-state index in [2.05, 4.69) is 5.16 Å². The van der Waals surface area contributed by atoms with Crippen molar-refractivity contribution in [1.29, 1.82) is 0 Å². The van der Waals surface area contributed by atoms with Gasteiger partial charge in [0.05, 0.1) is 11.3 Å². The van der Waals surface area contributed by atoms with Crippen LogP contribution in [0.3, 0.4) is 0 Å². The van der Waals surface area contributed by atoms with Gasteiger partial charge in [0.15, 0.2) is 5.82 Å². The van der Waals surface area contributed by atoms with Gasteiger partial charge >= 0.3 is 0 Å². The van der Waals surface area contributed by atoms with Crippen molar-refractivity contribution in [3.63, 3.8) is 0 Å². The summed E-state index contributed by atoms with van der Waals surface area (Å²) < 4.78 is 32.5. The van der Waals surface area contributed by atoms with Gasteiger partial charge < -0.3 is 14.3 Å². The third-order valence-electron chi connectivity index (χ3n) is 4.94. The Morgan fingerprint density at radius 1 is 1.12 bits per heavy atom. The van der Waals surface area contributed by atoms with E-state index in [0.29, 0.717) is 26.2 Å². The molecule has 1 saturated heterocycles. The molecule has 0 saturated carbocycles. The van der Waals surface area contributed by atoms with E-state index in [9.17, 15) is 13.2 Å². The van der Waals surface area contributed by atoms with Gasteiger partial charge in [-0.25, -0.2) is 8.42 Å². The fourth-order valence-electron chi connectivity index (χ4n) is 3.42. The summed E-state index contributed by atoms with van der Waals surface area (Å²) in [5, 5.41) is 3.98. The Bertz CT molecular complexity index is 961. The second-order valence-corrected chi connectivity index (χ2v) is 8.54. The summed E-state index contributed by atoms with van der Waals surface area (Å²) in [7, 11) is -1.88. The number of hydrogen-bond donors (Lipinski definition) is 0. The number of aromatic nitrogens is 1. The number of rotatable bonds is 3. The third kappa shape index (κ3) is 2.77. The van der Waals surface area contributed by atoms with E-state index in [-0.39, 0.29) is 17.2 Å². The third-order valence-corrected chi connectivity index (χ3v) is 6.84. The first-order chi connectivity index (χ1) is 12.4. The van der Waals surface area contributed by atoms with Gasteiger partial charge in [0.2, 0.25) is 15.9 Å². The normalized spacial score (nSPS) is 18.5. The molecule has 0 bridgehead atoms. The highest BCUT2D eigenvalue weighted by Gasteiger charge is 2.31. The van der Waals surface area contributed by atoms with Crippen LogP contribution in [0.4, 0.5) is 11.5 Å². The molecule has 0 radical (unpaired) electrons. The van der Waals surface area contributed by atoms with E-state index in [0.717, 1.165) is 22.8 Å². The Morgan fingerprint density at radius 3 is 2.50 bits per heavy atom. The van der Waals surface area contributed by atoms with Crippen LogP contribution in [-0.2, 0) is 21.2 Å². The highest BCUT2D eigenvalue weighted by Crippen LogP contribution is 2.31. The van der Waals surface area contributed by atoms with Crippen LogP contribution in [0.1, 0.15) is 11.3 Å². The van der Waals surface area contributed by atoms with Gasteiger partial charge in [-0.15, -0.1) is 0 Å². The van der Waals surface area contributed by atoms with E-state index in [1.807, 2.05) is 17.9 Å². The predicted octanol–water partition coefficient (Wildman–Crippen LogP) is 1.01. The zero-order valence-electron chi connectivity index (χ0n) is 14.7. The summed E-state index contributed by atoms with van der Waals surface area (Å²) in [6, 6.07) is 6.76. The lowest BCUT2D eigenvalue weighted by Gasteiger charge is -2.33. The largest absolute Gasteiger partial charge is 0.360 e. The molecule has 3 heterocycles. The quantitative estimate of drug-likeness (QED) is 0.795. The van der Waals surface area contributed by atoms with Gasteiger partial charge in [-0.05, 0) is 30.7 Å². The molecule has 0 aliphatic carbocycles. The van der Waals surface area contributed by atoms with Crippen molar-refractivity contribution in [1.82, 2.24) is 9.46 Å². The number of carbonyl (C=O) groups is 1. The van der Waals surface area contributed by atoms with Gasteiger partial charge in [-0.2, -0.15) is 4.31 Å². The summed E-state index contributed by atoms with van der Waals surface area (Å²) in [6.07, 6.45) is 0.245. The number of anilines is 2. The van der Waals surface area contributed by atoms with Crippen molar-refractivity contribution in [2.24, 2.45) is 0 Å². The summed E-state index contributed by atoms with van der Waals surface area (Å²) in [5.74, 6) is 1.44. The highest BCUT2D eigenvalue weighted by atomic mass is 32.2. The van der Waals surface area contributed by atoms with E-state index in [1.54, 1.807) is 30.1 Å². The number of sulfonamides is 1. The van der Waals surface area contributed by atoms with Crippen LogP contribution in [0.15, 0.2) is 33.7 Å². The SMILES string of the molecule is Cc1cc(N2CCN(S(=O)(=O)c3ccc4c(c3)CC(=O)N4C)CC2)no1. The summed E-state index contributed by atoms with van der Waals surface area (Å²) >= 11 is 0. The fraction of sp³-hybridized carbons (Fsp3) is 0.412. The molecule has 26 heavy (non-hydrogen) atoms. The van der Waals surface area contributed by atoms with Crippen molar-refractivity contribution >= 4 is 27.4 Å². The minimum Gasteiger partial charge on any atom is -0.360 e. The summed E-state index contributed by atoms with van der Waals surface area (Å²) in [5.41, 5.74) is 1.54. The van der Waals surface area contributed by atoms with E-state index < -0.39 is 10.0 Å². The van der Waals surface area contributed by atoms with Crippen LogP contribution in [0.25, 0.3) is 0 Å². The fourth-order valence-corrected chi connectivity index (χ4v) is 4.89. The molecule has 0 atom stereocenters. The molecule has 1 aromatic carbocycles. The Kier molecular flexibility index (Phi) is 4.00. The molecule has 8 nitrogen and oxygen atoms in total. The molecular formula is C17H20N4O4S. The molecule has 2 aliphatic rings. The maximum absolute atomic E-state index is 13.0. The van der Waals surface area contributed by atoms with Gasteiger partial charge in [0.1, 0.15) is 5.76 Å². The molecule has 1 aromatic heterocycles. The molecule has 1 amide bonds. The Morgan fingerprint density at radius 2 is 1.85 bits per heavy atom. The molecule has 2 aromatic rings. The highest BCUT2D eigenvalue weighted by molar-refractivity contribution is 7.89. The minimum absolute atomic E-state index is 0.0222. The lowest BCUT2D eigenvalue weighted by atomic mass is 10.2. The number of nitrogens with zero attached hydrogens (tertiary/aromatic N) is 4. The molecule has 0 N–H and O–H groups in total. The number of benzene rings is 1. The Labute approximate surface area is 152 Å². The smallest absolute Gasteiger partial charge is 0.243 e. The number of piperazine rings is 1. The van der Waals surface area contributed by atoms with Crippen LogP contribution in [0, 0.1) is 6.92 Å². The first-order valence-corrected chi connectivity index (χ1v) is 9.88. The molecule has 1 fully saturated rings. The average molecular weight is 376 g/mol. The molecule has 9 heteroatoms. The Hall–Kier alpha value is -2.39. The first kappa shape index (κ1) is 17.0.